The fourth-order valence-electron chi connectivity index (χ4n) is 2.28. The largest absolute Gasteiger partial charge is 0.279 e. The second-order valence-electron chi connectivity index (χ2n) is 4.70. The maximum absolute atomic E-state index is 12.2. The number of aryl methyl sites for hydroxylation is 2. The van der Waals surface area contributed by atoms with Crippen molar-refractivity contribution >= 4 is 17.7 Å². The van der Waals surface area contributed by atoms with Gasteiger partial charge in [0.1, 0.15) is 10.9 Å². The highest BCUT2D eigenvalue weighted by Gasteiger charge is 2.21. The molecule has 5 nitrogen and oxygen atoms in total. The highest BCUT2D eigenvalue weighted by Crippen LogP contribution is 2.22. The van der Waals surface area contributed by atoms with Crippen molar-refractivity contribution in [3.05, 3.63) is 17.1 Å². The molecule has 0 atom stereocenters. The van der Waals surface area contributed by atoms with Crippen LogP contribution in [0.5, 0.6) is 0 Å². The van der Waals surface area contributed by atoms with Crippen LogP contribution in [0.3, 0.4) is 0 Å². The molecule has 1 N–H and O–H groups in total. The molecule has 19 heavy (non-hydrogen) atoms. The monoisotopic (exact) mass is 281 g/mol. The number of carbonyl (C=O) groups is 1. The molecule has 0 unspecified atom stereocenters. The average Bonchev–Trinajstić information content (AvgIpc) is 2.88. The van der Waals surface area contributed by atoms with Crippen LogP contribution in [0.4, 0.5) is 0 Å². The number of nitrogens with one attached hydrogen (secondary N) is 1. The van der Waals surface area contributed by atoms with Crippen molar-refractivity contribution in [1.82, 2.24) is 15.4 Å². The molecular weight excluding hydrogens is 262 g/mol. The molecule has 104 valence electrons. The van der Waals surface area contributed by atoms with Gasteiger partial charge >= 0.3 is 0 Å². The predicted octanol–water partition coefficient (Wildman–Crippen LogP) is 2.42. The SMILES string of the molecule is CSc1nc(C)nc(C)c1C(=O)NOC1CCCC1. The van der Waals surface area contributed by atoms with Crippen LogP contribution in [0.15, 0.2) is 5.03 Å². The van der Waals surface area contributed by atoms with Crippen LogP contribution in [-0.2, 0) is 4.84 Å². The molecule has 1 aliphatic carbocycles. The molecule has 0 spiro atoms. The third-order valence-corrected chi connectivity index (χ3v) is 3.89. The molecule has 0 aromatic carbocycles. The summed E-state index contributed by atoms with van der Waals surface area (Å²) in [6.07, 6.45) is 6.41. The Bertz CT molecular complexity index is 473. The van der Waals surface area contributed by atoms with E-state index in [2.05, 4.69) is 15.4 Å². The second-order valence-corrected chi connectivity index (χ2v) is 5.49. The highest BCUT2D eigenvalue weighted by atomic mass is 32.2. The van der Waals surface area contributed by atoms with E-state index >= 15 is 0 Å². The first-order valence-corrected chi connectivity index (χ1v) is 7.69. The van der Waals surface area contributed by atoms with Gasteiger partial charge in [-0.2, -0.15) is 0 Å². The van der Waals surface area contributed by atoms with Gasteiger partial charge in [0.25, 0.3) is 5.91 Å². The molecule has 1 aromatic rings. The molecule has 1 amide bonds. The van der Waals surface area contributed by atoms with Gasteiger partial charge < -0.3 is 0 Å². The number of hydrogen-bond acceptors (Lipinski definition) is 5. The second kappa shape index (κ2) is 6.34. The minimum atomic E-state index is -0.256. The third-order valence-electron chi connectivity index (χ3n) is 3.21. The fraction of sp³-hybridized carbons (Fsp3) is 0.615. The molecule has 6 heteroatoms. The molecule has 1 fully saturated rings. The van der Waals surface area contributed by atoms with Gasteiger partial charge in [-0.25, -0.2) is 15.4 Å². The van der Waals surface area contributed by atoms with Crippen molar-refractivity contribution in [3.8, 4) is 0 Å². The molecule has 1 aromatic heterocycles. The smallest absolute Gasteiger partial charge is 0.270 e. The van der Waals surface area contributed by atoms with E-state index < -0.39 is 0 Å². The summed E-state index contributed by atoms with van der Waals surface area (Å²) in [6.45, 7) is 3.64. The summed E-state index contributed by atoms with van der Waals surface area (Å²) in [7, 11) is 0. The minimum Gasteiger partial charge on any atom is -0.270 e. The summed E-state index contributed by atoms with van der Waals surface area (Å²) in [5.74, 6) is 0.420. The molecule has 1 heterocycles. The lowest BCUT2D eigenvalue weighted by atomic mass is 10.2. The summed E-state index contributed by atoms with van der Waals surface area (Å²) in [6, 6.07) is 0. The first kappa shape index (κ1) is 14.3. The standard InChI is InChI=1S/C13H19N3O2S/c1-8-11(13(19-3)15-9(2)14-8)12(17)16-18-10-6-4-5-7-10/h10H,4-7H2,1-3H3,(H,16,17). The van der Waals surface area contributed by atoms with Gasteiger partial charge in [-0.15, -0.1) is 11.8 Å². The third kappa shape index (κ3) is 3.45. The fourth-order valence-corrected chi connectivity index (χ4v) is 2.95. The lowest BCUT2D eigenvalue weighted by Gasteiger charge is -2.14. The number of thioether (sulfide) groups is 1. The predicted molar refractivity (Wildman–Crippen MR) is 74.1 cm³/mol. The van der Waals surface area contributed by atoms with Crippen molar-refractivity contribution < 1.29 is 9.63 Å². The van der Waals surface area contributed by atoms with E-state index in [1.807, 2.05) is 20.1 Å². The number of carbonyl (C=O) groups excluding carboxylic acids is 1. The van der Waals surface area contributed by atoms with Gasteiger partial charge in [-0.05, 0) is 32.9 Å². The van der Waals surface area contributed by atoms with E-state index in [0.29, 0.717) is 22.1 Å². The van der Waals surface area contributed by atoms with Crippen LogP contribution in [0.1, 0.15) is 47.6 Å². The Morgan fingerprint density at radius 2 is 2.00 bits per heavy atom. The lowest BCUT2D eigenvalue weighted by Crippen LogP contribution is -2.29. The first-order valence-electron chi connectivity index (χ1n) is 6.47. The lowest BCUT2D eigenvalue weighted by molar-refractivity contribution is -0.0127. The number of hydroxylamine groups is 1. The molecule has 0 bridgehead atoms. The van der Waals surface area contributed by atoms with Crippen LogP contribution in [0.2, 0.25) is 0 Å². The Labute approximate surface area is 117 Å². The van der Waals surface area contributed by atoms with Gasteiger partial charge in [-0.3, -0.25) is 9.63 Å². The van der Waals surface area contributed by atoms with E-state index in [0.717, 1.165) is 12.8 Å². The Morgan fingerprint density at radius 1 is 1.32 bits per heavy atom. The Balaban J connectivity index is 2.09. The summed E-state index contributed by atoms with van der Waals surface area (Å²) in [5, 5.41) is 0.692. The number of nitrogens with zero attached hydrogens (tertiary/aromatic N) is 2. The number of aromatic nitrogens is 2. The van der Waals surface area contributed by atoms with Gasteiger partial charge in [0.2, 0.25) is 0 Å². The van der Waals surface area contributed by atoms with Crippen LogP contribution in [0.25, 0.3) is 0 Å². The van der Waals surface area contributed by atoms with Crippen LogP contribution in [0, 0.1) is 13.8 Å². The molecule has 0 aliphatic heterocycles. The quantitative estimate of drug-likeness (QED) is 0.521. The van der Waals surface area contributed by atoms with Gasteiger partial charge in [0.15, 0.2) is 0 Å². The van der Waals surface area contributed by atoms with Gasteiger partial charge in [0, 0.05) is 0 Å². The number of rotatable bonds is 4. The normalized spacial score (nSPS) is 15.7. The van der Waals surface area contributed by atoms with E-state index in [1.165, 1.54) is 24.6 Å². The van der Waals surface area contributed by atoms with Crippen LogP contribution < -0.4 is 5.48 Å². The Kier molecular flexibility index (Phi) is 4.76. The zero-order chi connectivity index (χ0) is 13.8. The van der Waals surface area contributed by atoms with Gasteiger partial charge in [0.05, 0.1) is 17.4 Å². The van der Waals surface area contributed by atoms with E-state index in [9.17, 15) is 4.79 Å². The van der Waals surface area contributed by atoms with Crippen molar-refractivity contribution in [3.63, 3.8) is 0 Å². The zero-order valence-corrected chi connectivity index (χ0v) is 12.3. The summed E-state index contributed by atoms with van der Waals surface area (Å²) in [5.41, 5.74) is 3.74. The first-order chi connectivity index (χ1) is 9.11. The zero-order valence-electron chi connectivity index (χ0n) is 11.5. The van der Waals surface area contributed by atoms with Crippen molar-refractivity contribution in [2.75, 3.05) is 6.26 Å². The Morgan fingerprint density at radius 3 is 2.63 bits per heavy atom. The molecule has 1 saturated carbocycles. The number of amides is 1. The molecular formula is C13H19N3O2S. The number of hydrogen-bond donors (Lipinski definition) is 1. The maximum atomic E-state index is 12.2. The molecule has 2 rings (SSSR count). The van der Waals surface area contributed by atoms with E-state index in [4.69, 9.17) is 4.84 Å². The van der Waals surface area contributed by atoms with Crippen molar-refractivity contribution in [1.29, 1.82) is 0 Å². The van der Waals surface area contributed by atoms with E-state index in [-0.39, 0.29) is 12.0 Å². The Hall–Kier alpha value is -1.14. The summed E-state index contributed by atoms with van der Waals surface area (Å²) >= 11 is 1.44. The average molecular weight is 281 g/mol. The van der Waals surface area contributed by atoms with Crippen LogP contribution >= 0.6 is 11.8 Å². The summed E-state index contributed by atoms with van der Waals surface area (Å²) in [4.78, 5) is 26.2. The van der Waals surface area contributed by atoms with E-state index in [1.54, 1.807) is 0 Å². The molecule has 1 aliphatic rings. The minimum absolute atomic E-state index is 0.147. The maximum Gasteiger partial charge on any atom is 0.279 e. The van der Waals surface area contributed by atoms with Crippen LogP contribution in [-0.4, -0.2) is 28.2 Å². The van der Waals surface area contributed by atoms with Crippen molar-refractivity contribution in [2.24, 2.45) is 0 Å². The summed E-state index contributed by atoms with van der Waals surface area (Å²) < 4.78 is 0. The topological polar surface area (TPSA) is 64.1 Å². The molecule has 0 saturated heterocycles. The van der Waals surface area contributed by atoms with Crippen molar-refractivity contribution in [2.45, 2.75) is 50.7 Å². The van der Waals surface area contributed by atoms with Gasteiger partial charge in [-0.1, -0.05) is 12.8 Å². The molecule has 0 radical (unpaired) electrons. The highest BCUT2D eigenvalue weighted by molar-refractivity contribution is 7.98.